The monoisotopic (exact) mass is 366 g/mol. The number of hydrogen-bond acceptors (Lipinski definition) is 4. The Hall–Kier alpha value is -2.92. The largest absolute Gasteiger partial charge is 0.361 e. The molecule has 0 radical (unpaired) electrons. The van der Waals surface area contributed by atoms with Crippen LogP contribution in [0.3, 0.4) is 0 Å². The first-order chi connectivity index (χ1) is 12.5. The third-order valence-corrected chi connectivity index (χ3v) is 4.23. The maximum Gasteiger partial charge on any atom is 0.257 e. The van der Waals surface area contributed by atoms with Crippen LogP contribution in [0.1, 0.15) is 15.9 Å². The normalized spacial score (nSPS) is 10.5. The molecule has 1 amide bonds. The number of nitrogens with zero attached hydrogens (tertiary/aromatic N) is 3. The molecule has 6 heteroatoms. The van der Waals surface area contributed by atoms with Gasteiger partial charge in [0, 0.05) is 19.7 Å². The summed E-state index contributed by atoms with van der Waals surface area (Å²) in [6.07, 6.45) is 1.50. The molecule has 132 valence electrons. The Balaban J connectivity index is 2.10. The number of carbonyl (C=O) groups excluding carboxylic acids is 1. The van der Waals surface area contributed by atoms with Crippen LogP contribution >= 0.6 is 11.6 Å². The van der Waals surface area contributed by atoms with Crippen LogP contribution in [0.2, 0.25) is 5.02 Å². The van der Waals surface area contributed by atoms with E-state index in [0.717, 1.165) is 11.1 Å². The van der Waals surface area contributed by atoms with E-state index in [-0.39, 0.29) is 5.91 Å². The summed E-state index contributed by atoms with van der Waals surface area (Å²) >= 11 is 6.16. The lowest BCUT2D eigenvalue weighted by molar-refractivity contribution is 0.102. The van der Waals surface area contributed by atoms with Gasteiger partial charge in [0.2, 0.25) is 0 Å². The van der Waals surface area contributed by atoms with Gasteiger partial charge in [-0.15, -0.1) is 0 Å². The van der Waals surface area contributed by atoms with E-state index in [9.17, 15) is 4.79 Å². The van der Waals surface area contributed by atoms with Gasteiger partial charge in [-0.05, 0) is 25.1 Å². The van der Waals surface area contributed by atoms with Crippen molar-refractivity contribution in [3.63, 3.8) is 0 Å². The summed E-state index contributed by atoms with van der Waals surface area (Å²) < 4.78 is 0. The minimum absolute atomic E-state index is 0.303. The third kappa shape index (κ3) is 3.68. The number of benzene rings is 2. The first kappa shape index (κ1) is 17.9. The second kappa shape index (κ2) is 7.54. The average Bonchev–Trinajstić information content (AvgIpc) is 2.62. The average molecular weight is 367 g/mol. The van der Waals surface area contributed by atoms with E-state index >= 15 is 0 Å². The van der Waals surface area contributed by atoms with Crippen molar-refractivity contribution < 1.29 is 4.79 Å². The van der Waals surface area contributed by atoms with Crippen molar-refractivity contribution >= 4 is 29.0 Å². The Morgan fingerprint density at radius 3 is 2.54 bits per heavy atom. The molecule has 0 spiro atoms. The summed E-state index contributed by atoms with van der Waals surface area (Å²) in [6, 6.07) is 14.9. The summed E-state index contributed by atoms with van der Waals surface area (Å²) in [7, 11) is 3.74. The summed E-state index contributed by atoms with van der Waals surface area (Å²) in [5, 5.41) is 3.34. The van der Waals surface area contributed by atoms with Crippen LogP contribution in [0.4, 0.5) is 11.5 Å². The number of aromatic nitrogens is 2. The SMILES string of the molecule is Cc1cccc(-c2ncnc(N(C)C)c2NC(=O)c2ccccc2Cl)c1. The van der Waals surface area contributed by atoms with E-state index in [1.54, 1.807) is 24.3 Å². The molecule has 1 heterocycles. The van der Waals surface area contributed by atoms with Gasteiger partial charge in [-0.1, -0.05) is 47.5 Å². The van der Waals surface area contributed by atoms with Crippen LogP contribution in [0, 0.1) is 6.92 Å². The highest BCUT2D eigenvalue weighted by Gasteiger charge is 2.19. The first-order valence-corrected chi connectivity index (χ1v) is 8.50. The number of hydrogen-bond donors (Lipinski definition) is 1. The highest BCUT2D eigenvalue weighted by atomic mass is 35.5. The topological polar surface area (TPSA) is 58.1 Å². The lowest BCUT2D eigenvalue weighted by Crippen LogP contribution is -2.19. The van der Waals surface area contributed by atoms with Gasteiger partial charge in [-0.2, -0.15) is 0 Å². The van der Waals surface area contributed by atoms with Crippen LogP contribution in [-0.2, 0) is 0 Å². The van der Waals surface area contributed by atoms with Crippen LogP contribution in [-0.4, -0.2) is 30.0 Å². The van der Waals surface area contributed by atoms with Crippen molar-refractivity contribution in [2.75, 3.05) is 24.3 Å². The van der Waals surface area contributed by atoms with Crippen molar-refractivity contribution in [3.8, 4) is 11.3 Å². The molecule has 0 saturated heterocycles. The summed E-state index contributed by atoms with van der Waals surface area (Å²) in [5.74, 6) is 0.319. The van der Waals surface area contributed by atoms with E-state index < -0.39 is 0 Å². The maximum atomic E-state index is 12.8. The Kier molecular flexibility index (Phi) is 5.19. The minimum Gasteiger partial charge on any atom is -0.361 e. The second-order valence-corrected chi connectivity index (χ2v) is 6.53. The van der Waals surface area contributed by atoms with E-state index in [1.807, 2.05) is 50.2 Å². The van der Waals surface area contributed by atoms with E-state index in [0.29, 0.717) is 27.8 Å². The fourth-order valence-corrected chi connectivity index (χ4v) is 2.89. The van der Waals surface area contributed by atoms with Crippen LogP contribution in [0.25, 0.3) is 11.3 Å². The number of nitrogens with one attached hydrogen (secondary N) is 1. The van der Waals surface area contributed by atoms with Crippen molar-refractivity contribution in [1.82, 2.24) is 9.97 Å². The molecule has 0 saturated carbocycles. The Morgan fingerprint density at radius 2 is 1.85 bits per heavy atom. The molecule has 0 unspecified atom stereocenters. The van der Waals surface area contributed by atoms with Crippen molar-refractivity contribution in [3.05, 3.63) is 71.0 Å². The number of amides is 1. The zero-order valence-corrected chi connectivity index (χ0v) is 15.6. The number of carbonyl (C=O) groups is 1. The Bertz CT molecular complexity index is 956. The fourth-order valence-electron chi connectivity index (χ4n) is 2.67. The second-order valence-electron chi connectivity index (χ2n) is 6.12. The minimum atomic E-state index is -0.303. The predicted octanol–water partition coefficient (Wildman–Crippen LogP) is 4.42. The molecule has 1 aromatic heterocycles. The molecular weight excluding hydrogens is 348 g/mol. The molecule has 3 aromatic rings. The van der Waals surface area contributed by atoms with Crippen LogP contribution in [0.15, 0.2) is 54.9 Å². The number of aryl methyl sites for hydroxylation is 1. The Labute approximate surface area is 157 Å². The van der Waals surface area contributed by atoms with Crippen molar-refractivity contribution in [2.24, 2.45) is 0 Å². The summed E-state index contributed by atoms with van der Waals surface area (Å²) in [6.45, 7) is 2.01. The van der Waals surface area contributed by atoms with Gasteiger partial charge in [-0.25, -0.2) is 9.97 Å². The van der Waals surface area contributed by atoms with Gasteiger partial charge in [0.15, 0.2) is 5.82 Å². The first-order valence-electron chi connectivity index (χ1n) is 8.12. The van der Waals surface area contributed by atoms with E-state index in [4.69, 9.17) is 11.6 Å². The molecule has 3 rings (SSSR count). The van der Waals surface area contributed by atoms with E-state index in [1.165, 1.54) is 6.33 Å². The van der Waals surface area contributed by atoms with Crippen LogP contribution < -0.4 is 10.2 Å². The molecule has 2 aromatic carbocycles. The molecule has 0 aliphatic carbocycles. The zero-order valence-electron chi connectivity index (χ0n) is 14.8. The Morgan fingerprint density at radius 1 is 1.08 bits per heavy atom. The molecule has 26 heavy (non-hydrogen) atoms. The van der Waals surface area contributed by atoms with Gasteiger partial charge < -0.3 is 10.2 Å². The van der Waals surface area contributed by atoms with Gasteiger partial charge in [0.25, 0.3) is 5.91 Å². The number of rotatable bonds is 4. The molecule has 1 N–H and O–H groups in total. The lowest BCUT2D eigenvalue weighted by Gasteiger charge is -2.19. The summed E-state index contributed by atoms with van der Waals surface area (Å²) in [4.78, 5) is 23.4. The van der Waals surface area contributed by atoms with Crippen molar-refractivity contribution in [2.45, 2.75) is 6.92 Å². The quantitative estimate of drug-likeness (QED) is 0.742. The standard InChI is InChI=1S/C20H19ClN4O/c1-13-7-6-8-14(11-13)17-18(19(25(2)3)23-12-22-17)24-20(26)15-9-4-5-10-16(15)21/h4-12H,1-3H3,(H,24,26). The molecule has 0 aliphatic heterocycles. The molecule has 0 aliphatic rings. The molecule has 0 fully saturated rings. The zero-order chi connectivity index (χ0) is 18.7. The molecule has 0 bridgehead atoms. The highest BCUT2D eigenvalue weighted by molar-refractivity contribution is 6.34. The molecule has 0 atom stereocenters. The van der Waals surface area contributed by atoms with Gasteiger partial charge in [-0.3, -0.25) is 4.79 Å². The summed E-state index contributed by atoms with van der Waals surface area (Å²) in [5.41, 5.74) is 3.62. The predicted molar refractivity (Wildman–Crippen MR) is 106 cm³/mol. The van der Waals surface area contributed by atoms with Gasteiger partial charge >= 0.3 is 0 Å². The third-order valence-electron chi connectivity index (χ3n) is 3.90. The fraction of sp³-hybridized carbons (Fsp3) is 0.150. The van der Waals surface area contributed by atoms with Gasteiger partial charge in [0.1, 0.15) is 12.0 Å². The number of halogens is 1. The maximum absolute atomic E-state index is 12.8. The van der Waals surface area contributed by atoms with Gasteiger partial charge in [0.05, 0.1) is 16.3 Å². The number of anilines is 2. The molecule has 5 nitrogen and oxygen atoms in total. The lowest BCUT2D eigenvalue weighted by atomic mass is 10.1. The van der Waals surface area contributed by atoms with Crippen LogP contribution in [0.5, 0.6) is 0 Å². The van der Waals surface area contributed by atoms with E-state index in [2.05, 4.69) is 15.3 Å². The molecular formula is C20H19ClN4O. The smallest absolute Gasteiger partial charge is 0.257 e. The highest BCUT2D eigenvalue weighted by Crippen LogP contribution is 2.33. The van der Waals surface area contributed by atoms with Crippen molar-refractivity contribution in [1.29, 1.82) is 0 Å².